The molecule has 84 valence electrons. The Morgan fingerprint density at radius 3 is 2.80 bits per heavy atom. The average molecular weight is 216 g/mol. The number of nitrogens with two attached hydrogens (primary N) is 1. The van der Waals surface area contributed by atoms with Gasteiger partial charge in [0.1, 0.15) is 5.84 Å². The van der Waals surface area contributed by atoms with Gasteiger partial charge in [0.2, 0.25) is 0 Å². The van der Waals surface area contributed by atoms with Gasteiger partial charge in [0, 0.05) is 0 Å². The van der Waals surface area contributed by atoms with Crippen LogP contribution >= 0.6 is 0 Å². The Kier molecular flexibility index (Phi) is 3.83. The van der Waals surface area contributed by atoms with Crippen LogP contribution in [-0.2, 0) is 0 Å². The van der Waals surface area contributed by atoms with Gasteiger partial charge in [0.15, 0.2) is 11.7 Å². The van der Waals surface area contributed by atoms with E-state index in [9.17, 15) is 0 Å². The summed E-state index contributed by atoms with van der Waals surface area (Å²) in [5.74, 6) is 0.370. The van der Waals surface area contributed by atoms with Gasteiger partial charge < -0.3 is 16.1 Å². The minimum atomic E-state index is 0.0199. The topological polar surface area (TPSA) is 139 Å². The maximum absolute atomic E-state index is 8.66. The normalized spacial score (nSPS) is 21.5. The Bertz CT molecular complexity index is 312. The molecule has 0 aromatic rings. The molecule has 0 radical (unpaired) electrons. The van der Waals surface area contributed by atoms with Crippen molar-refractivity contribution in [3.63, 3.8) is 0 Å². The van der Waals surface area contributed by atoms with Crippen molar-refractivity contribution < 1.29 is 15.6 Å². The SMILES string of the molecule is N/C(CN1CC(NO)=N/C(=N/O)C1)=N\O. The molecule has 1 heterocycles. The van der Waals surface area contributed by atoms with Crippen LogP contribution in [0.25, 0.3) is 0 Å². The molecule has 0 fully saturated rings. The Balaban J connectivity index is 2.68. The van der Waals surface area contributed by atoms with Crippen LogP contribution in [0, 0.1) is 0 Å². The molecule has 1 rings (SSSR count). The zero-order valence-electron chi connectivity index (χ0n) is 7.83. The first-order chi connectivity index (χ1) is 7.19. The van der Waals surface area contributed by atoms with Crippen LogP contribution < -0.4 is 11.2 Å². The molecule has 0 aromatic carbocycles. The lowest BCUT2D eigenvalue weighted by Crippen LogP contribution is -2.46. The van der Waals surface area contributed by atoms with E-state index < -0.39 is 0 Å². The number of aliphatic imine (C=N–C) groups is 1. The molecule has 9 nitrogen and oxygen atoms in total. The fraction of sp³-hybridized carbons (Fsp3) is 0.500. The van der Waals surface area contributed by atoms with Gasteiger partial charge in [0.05, 0.1) is 19.6 Å². The number of oxime groups is 2. The van der Waals surface area contributed by atoms with Crippen LogP contribution in [0.15, 0.2) is 15.3 Å². The van der Waals surface area contributed by atoms with Crippen LogP contribution in [0.3, 0.4) is 0 Å². The van der Waals surface area contributed by atoms with E-state index in [0.717, 1.165) is 0 Å². The van der Waals surface area contributed by atoms with Crippen molar-refractivity contribution in [3.05, 3.63) is 0 Å². The van der Waals surface area contributed by atoms with E-state index >= 15 is 0 Å². The summed E-state index contributed by atoms with van der Waals surface area (Å²) in [7, 11) is 0. The number of amidine groups is 3. The summed E-state index contributed by atoms with van der Waals surface area (Å²) in [6.07, 6.45) is 0. The van der Waals surface area contributed by atoms with Gasteiger partial charge in [-0.25, -0.2) is 4.99 Å². The second kappa shape index (κ2) is 5.12. The minimum Gasteiger partial charge on any atom is -0.409 e. The van der Waals surface area contributed by atoms with Gasteiger partial charge in [0.25, 0.3) is 0 Å². The van der Waals surface area contributed by atoms with Gasteiger partial charge in [-0.3, -0.25) is 15.6 Å². The number of hydroxylamine groups is 1. The lowest BCUT2D eigenvalue weighted by molar-refractivity contribution is 0.224. The van der Waals surface area contributed by atoms with Crippen LogP contribution in [0.2, 0.25) is 0 Å². The Morgan fingerprint density at radius 1 is 1.53 bits per heavy atom. The summed E-state index contributed by atoms with van der Waals surface area (Å²) < 4.78 is 0. The first-order valence-corrected chi connectivity index (χ1v) is 4.07. The molecule has 0 aromatic heterocycles. The summed E-state index contributed by atoms with van der Waals surface area (Å²) in [5, 5.41) is 31.3. The molecule has 0 saturated carbocycles. The molecule has 0 saturated heterocycles. The maximum Gasteiger partial charge on any atom is 0.183 e. The largest absolute Gasteiger partial charge is 0.409 e. The monoisotopic (exact) mass is 216 g/mol. The van der Waals surface area contributed by atoms with Crippen LogP contribution in [0.1, 0.15) is 0 Å². The highest BCUT2D eigenvalue weighted by molar-refractivity contribution is 6.00. The Hall–Kier alpha value is -1.87. The summed E-state index contributed by atoms with van der Waals surface area (Å²) in [5.41, 5.74) is 7.17. The van der Waals surface area contributed by atoms with Crippen LogP contribution in [-0.4, -0.2) is 57.7 Å². The number of hydrogen-bond acceptors (Lipinski definition) is 7. The Morgan fingerprint density at radius 2 is 2.27 bits per heavy atom. The zero-order valence-corrected chi connectivity index (χ0v) is 7.83. The average Bonchev–Trinajstić information content (AvgIpc) is 2.28. The van der Waals surface area contributed by atoms with Crippen molar-refractivity contribution in [2.24, 2.45) is 21.0 Å². The highest BCUT2D eigenvalue weighted by Crippen LogP contribution is 1.99. The molecule has 0 spiro atoms. The van der Waals surface area contributed by atoms with Gasteiger partial charge in [-0.15, -0.1) is 0 Å². The third-order valence-corrected chi connectivity index (χ3v) is 1.76. The summed E-state index contributed by atoms with van der Waals surface area (Å²) >= 11 is 0. The standard InChI is InChI=1S/C6H12N6O3/c7-4(9-13)1-12-2-5(10-14)8-6(3-12)11-15/h13-15H,1-3H2,(H2,7,9)(H,8,10,11). The molecule has 15 heavy (non-hydrogen) atoms. The maximum atomic E-state index is 8.66. The Labute approximate surface area is 85.1 Å². The highest BCUT2D eigenvalue weighted by Gasteiger charge is 2.19. The van der Waals surface area contributed by atoms with Crippen molar-refractivity contribution >= 4 is 17.5 Å². The molecule has 0 bridgehead atoms. The molecule has 0 amide bonds. The molecule has 0 unspecified atom stereocenters. The van der Waals surface area contributed by atoms with Crippen LogP contribution in [0.5, 0.6) is 0 Å². The van der Waals surface area contributed by atoms with E-state index in [-0.39, 0.29) is 37.1 Å². The smallest absolute Gasteiger partial charge is 0.183 e. The van der Waals surface area contributed by atoms with Gasteiger partial charge in [-0.2, -0.15) is 0 Å². The summed E-state index contributed by atoms with van der Waals surface area (Å²) in [6, 6.07) is 0. The second-order valence-corrected chi connectivity index (χ2v) is 2.92. The van der Waals surface area contributed by atoms with E-state index in [1.165, 1.54) is 0 Å². The van der Waals surface area contributed by atoms with Gasteiger partial charge >= 0.3 is 0 Å². The highest BCUT2D eigenvalue weighted by atomic mass is 16.5. The van der Waals surface area contributed by atoms with Crippen LogP contribution in [0.4, 0.5) is 0 Å². The van der Waals surface area contributed by atoms with Gasteiger partial charge in [-0.05, 0) is 0 Å². The number of nitrogens with one attached hydrogen (secondary N) is 1. The second-order valence-electron chi connectivity index (χ2n) is 2.92. The summed E-state index contributed by atoms with van der Waals surface area (Å²) in [4.78, 5) is 5.44. The lowest BCUT2D eigenvalue weighted by Gasteiger charge is -2.24. The lowest BCUT2D eigenvalue weighted by atomic mass is 10.3. The van der Waals surface area contributed by atoms with Crippen molar-refractivity contribution in [2.45, 2.75) is 0 Å². The number of hydrogen-bond donors (Lipinski definition) is 5. The summed E-state index contributed by atoms with van der Waals surface area (Å²) in [6.45, 7) is 0.708. The van der Waals surface area contributed by atoms with Crippen molar-refractivity contribution in [1.29, 1.82) is 0 Å². The minimum absolute atomic E-state index is 0.0199. The number of rotatable bonds is 2. The first-order valence-electron chi connectivity index (χ1n) is 4.07. The third kappa shape index (κ3) is 3.07. The molecule has 0 atom stereocenters. The van der Waals surface area contributed by atoms with E-state index in [0.29, 0.717) is 0 Å². The third-order valence-electron chi connectivity index (χ3n) is 1.76. The predicted molar refractivity (Wildman–Crippen MR) is 51.4 cm³/mol. The molecular formula is C6H12N6O3. The first kappa shape index (κ1) is 11.2. The molecule has 6 N–H and O–H groups in total. The van der Waals surface area contributed by atoms with Crippen molar-refractivity contribution in [1.82, 2.24) is 10.4 Å². The predicted octanol–water partition coefficient (Wildman–Crippen LogP) is -1.79. The number of nitrogens with zero attached hydrogens (tertiary/aromatic N) is 4. The molecular weight excluding hydrogens is 204 g/mol. The van der Waals surface area contributed by atoms with Gasteiger partial charge in [-0.1, -0.05) is 10.3 Å². The van der Waals surface area contributed by atoms with Crippen molar-refractivity contribution in [3.8, 4) is 0 Å². The zero-order chi connectivity index (χ0) is 11.3. The molecule has 1 aliphatic rings. The van der Waals surface area contributed by atoms with E-state index in [1.807, 2.05) is 5.48 Å². The fourth-order valence-electron chi connectivity index (χ4n) is 1.18. The fourth-order valence-corrected chi connectivity index (χ4v) is 1.18. The van der Waals surface area contributed by atoms with Crippen molar-refractivity contribution in [2.75, 3.05) is 19.6 Å². The van der Waals surface area contributed by atoms with E-state index in [2.05, 4.69) is 15.3 Å². The molecule has 1 aliphatic heterocycles. The van der Waals surface area contributed by atoms with E-state index in [1.54, 1.807) is 4.90 Å². The molecule has 0 aliphatic carbocycles. The van der Waals surface area contributed by atoms with E-state index in [4.69, 9.17) is 21.4 Å². The quantitative estimate of drug-likeness (QED) is 0.160. The molecule has 9 heteroatoms.